The molecule has 3 rings (SSSR count). The Morgan fingerprint density at radius 2 is 2.40 bits per heavy atom. The molecule has 0 aliphatic heterocycles. The SMILES string of the molecule is Cn1cnc2cc(C3CC3C#N)ccc21. The highest BCUT2D eigenvalue weighted by molar-refractivity contribution is 5.76. The predicted octanol–water partition coefficient (Wildman–Crippen LogP) is 2.20. The topological polar surface area (TPSA) is 41.6 Å². The maximum absolute atomic E-state index is 8.79. The van der Waals surface area contributed by atoms with Crippen molar-refractivity contribution in [2.45, 2.75) is 12.3 Å². The van der Waals surface area contributed by atoms with Gasteiger partial charge in [0.1, 0.15) is 0 Å². The third kappa shape index (κ3) is 1.22. The molecule has 1 aromatic carbocycles. The monoisotopic (exact) mass is 197 g/mol. The first kappa shape index (κ1) is 8.49. The molecule has 1 aliphatic rings. The first-order valence-electron chi connectivity index (χ1n) is 5.10. The summed E-state index contributed by atoms with van der Waals surface area (Å²) in [6, 6.07) is 8.63. The van der Waals surface area contributed by atoms with Gasteiger partial charge in [0.25, 0.3) is 0 Å². The predicted molar refractivity (Wildman–Crippen MR) is 57.2 cm³/mol. The Kier molecular flexibility index (Phi) is 1.60. The smallest absolute Gasteiger partial charge is 0.0955 e. The molecule has 1 saturated carbocycles. The highest BCUT2D eigenvalue weighted by Crippen LogP contribution is 2.47. The van der Waals surface area contributed by atoms with Crippen LogP contribution in [0.5, 0.6) is 0 Å². The quantitative estimate of drug-likeness (QED) is 0.703. The van der Waals surface area contributed by atoms with Crippen LogP contribution in [-0.4, -0.2) is 9.55 Å². The van der Waals surface area contributed by atoms with Crippen LogP contribution in [0.2, 0.25) is 0 Å². The molecule has 0 N–H and O–H groups in total. The number of aryl methyl sites for hydroxylation is 1. The van der Waals surface area contributed by atoms with Gasteiger partial charge in [-0.2, -0.15) is 5.26 Å². The normalized spacial score (nSPS) is 24.0. The van der Waals surface area contributed by atoms with E-state index in [4.69, 9.17) is 5.26 Å². The minimum atomic E-state index is 0.228. The van der Waals surface area contributed by atoms with Crippen LogP contribution in [0.4, 0.5) is 0 Å². The van der Waals surface area contributed by atoms with Gasteiger partial charge in [-0.3, -0.25) is 0 Å². The second kappa shape index (κ2) is 2.83. The first-order valence-corrected chi connectivity index (χ1v) is 5.10. The van der Waals surface area contributed by atoms with Crippen molar-refractivity contribution in [1.29, 1.82) is 5.26 Å². The Labute approximate surface area is 88.0 Å². The minimum absolute atomic E-state index is 0.228. The molecule has 3 heteroatoms. The molecule has 3 nitrogen and oxygen atoms in total. The average Bonchev–Trinajstić information content (AvgIpc) is 2.97. The van der Waals surface area contributed by atoms with Crippen molar-refractivity contribution in [3.63, 3.8) is 0 Å². The molecular weight excluding hydrogens is 186 g/mol. The van der Waals surface area contributed by atoms with E-state index >= 15 is 0 Å². The lowest BCUT2D eigenvalue weighted by molar-refractivity contribution is 0.947. The summed E-state index contributed by atoms with van der Waals surface area (Å²) in [7, 11) is 1.99. The van der Waals surface area contributed by atoms with Crippen LogP contribution in [0.3, 0.4) is 0 Å². The molecule has 0 bridgehead atoms. The lowest BCUT2D eigenvalue weighted by Gasteiger charge is -1.98. The van der Waals surface area contributed by atoms with Crippen LogP contribution < -0.4 is 0 Å². The van der Waals surface area contributed by atoms with E-state index in [-0.39, 0.29) is 5.92 Å². The molecular formula is C12H11N3. The highest BCUT2D eigenvalue weighted by atomic mass is 15.0. The van der Waals surface area contributed by atoms with Crippen LogP contribution in [0.1, 0.15) is 17.9 Å². The molecule has 0 saturated heterocycles. The first-order chi connectivity index (χ1) is 7.29. The standard InChI is InChI=1S/C12H11N3/c1-15-7-14-11-5-8(2-3-12(11)15)10-4-9(10)6-13/h2-3,5,7,9-10H,4H2,1H3. The number of hydrogen-bond donors (Lipinski definition) is 0. The van der Waals surface area contributed by atoms with E-state index in [1.54, 1.807) is 0 Å². The third-order valence-corrected chi connectivity index (χ3v) is 3.13. The Hall–Kier alpha value is -1.82. The molecule has 1 aliphatic carbocycles. The average molecular weight is 197 g/mol. The number of benzene rings is 1. The Bertz CT molecular complexity index is 562. The zero-order valence-electron chi connectivity index (χ0n) is 8.51. The number of hydrogen-bond acceptors (Lipinski definition) is 2. The molecule has 2 unspecified atom stereocenters. The van der Waals surface area contributed by atoms with E-state index in [0.717, 1.165) is 17.5 Å². The summed E-state index contributed by atoms with van der Waals surface area (Å²) in [6.07, 6.45) is 2.83. The fraction of sp³-hybridized carbons (Fsp3) is 0.333. The zero-order chi connectivity index (χ0) is 10.4. The molecule has 15 heavy (non-hydrogen) atoms. The number of aromatic nitrogens is 2. The molecule has 2 atom stereocenters. The summed E-state index contributed by atoms with van der Waals surface area (Å²) in [5, 5.41) is 8.79. The van der Waals surface area contributed by atoms with Crippen molar-refractivity contribution in [3.8, 4) is 6.07 Å². The van der Waals surface area contributed by atoms with Gasteiger partial charge >= 0.3 is 0 Å². The molecule has 1 heterocycles. The van der Waals surface area contributed by atoms with Gasteiger partial charge in [-0.1, -0.05) is 6.07 Å². The number of nitrogens with zero attached hydrogens (tertiary/aromatic N) is 3. The number of imidazole rings is 1. The van der Waals surface area contributed by atoms with Gasteiger partial charge in [0.05, 0.1) is 29.3 Å². The van der Waals surface area contributed by atoms with E-state index in [1.165, 1.54) is 5.56 Å². The number of fused-ring (bicyclic) bond motifs is 1. The van der Waals surface area contributed by atoms with Crippen LogP contribution >= 0.6 is 0 Å². The maximum atomic E-state index is 8.79. The number of rotatable bonds is 1. The fourth-order valence-electron chi connectivity index (χ4n) is 2.09. The summed E-state index contributed by atoms with van der Waals surface area (Å²) < 4.78 is 2.01. The fourth-order valence-corrected chi connectivity index (χ4v) is 2.09. The van der Waals surface area contributed by atoms with E-state index in [9.17, 15) is 0 Å². The van der Waals surface area contributed by atoms with Gasteiger partial charge in [0.2, 0.25) is 0 Å². The van der Waals surface area contributed by atoms with Crippen LogP contribution in [0.25, 0.3) is 11.0 Å². The lowest BCUT2D eigenvalue weighted by Crippen LogP contribution is -1.85. The van der Waals surface area contributed by atoms with Crippen molar-refractivity contribution in [1.82, 2.24) is 9.55 Å². The largest absolute Gasteiger partial charge is 0.334 e. The van der Waals surface area contributed by atoms with E-state index in [1.807, 2.05) is 17.9 Å². The van der Waals surface area contributed by atoms with Crippen molar-refractivity contribution in [2.24, 2.45) is 13.0 Å². The van der Waals surface area contributed by atoms with E-state index in [2.05, 4.69) is 29.3 Å². The van der Waals surface area contributed by atoms with Crippen molar-refractivity contribution >= 4 is 11.0 Å². The van der Waals surface area contributed by atoms with Crippen LogP contribution in [-0.2, 0) is 7.05 Å². The summed E-state index contributed by atoms with van der Waals surface area (Å²) >= 11 is 0. The number of nitriles is 1. The van der Waals surface area contributed by atoms with Gasteiger partial charge in [0, 0.05) is 13.0 Å². The van der Waals surface area contributed by atoms with E-state index < -0.39 is 0 Å². The molecule has 0 spiro atoms. The van der Waals surface area contributed by atoms with Crippen molar-refractivity contribution in [3.05, 3.63) is 30.1 Å². The van der Waals surface area contributed by atoms with Gasteiger partial charge in [-0.15, -0.1) is 0 Å². The highest BCUT2D eigenvalue weighted by Gasteiger charge is 2.38. The molecule has 0 amide bonds. The summed E-state index contributed by atoms with van der Waals surface area (Å²) in [5.74, 6) is 0.674. The summed E-state index contributed by atoms with van der Waals surface area (Å²) in [5.41, 5.74) is 3.43. The third-order valence-electron chi connectivity index (χ3n) is 3.13. The van der Waals surface area contributed by atoms with Crippen molar-refractivity contribution < 1.29 is 0 Å². The zero-order valence-corrected chi connectivity index (χ0v) is 8.51. The minimum Gasteiger partial charge on any atom is -0.334 e. The van der Waals surface area contributed by atoms with Gasteiger partial charge in [-0.25, -0.2) is 4.98 Å². The molecule has 74 valence electrons. The van der Waals surface area contributed by atoms with Crippen molar-refractivity contribution in [2.75, 3.05) is 0 Å². The van der Waals surface area contributed by atoms with Gasteiger partial charge in [0.15, 0.2) is 0 Å². The van der Waals surface area contributed by atoms with E-state index in [0.29, 0.717) is 5.92 Å². The van der Waals surface area contributed by atoms with Gasteiger partial charge < -0.3 is 4.57 Å². The maximum Gasteiger partial charge on any atom is 0.0955 e. The second-order valence-electron chi connectivity index (χ2n) is 4.18. The molecule has 1 fully saturated rings. The molecule has 2 aromatic rings. The van der Waals surface area contributed by atoms with Crippen LogP contribution in [0, 0.1) is 17.2 Å². The van der Waals surface area contributed by atoms with Crippen LogP contribution in [0.15, 0.2) is 24.5 Å². The lowest BCUT2D eigenvalue weighted by atomic mass is 10.1. The molecule has 0 radical (unpaired) electrons. The Morgan fingerprint density at radius 3 is 3.13 bits per heavy atom. The summed E-state index contributed by atoms with van der Waals surface area (Å²) in [4.78, 5) is 4.32. The summed E-state index contributed by atoms with van der Waals surface area (Å²) in [6.45, 7) is 0. The Morgan fingerprint density at radius 1 is 1.53 bits per heavy atom. The Balaban J connectivity index is 2.05. The van der Waals surface area contributed by atoms with Gasteiger partial charge in [-0.05, 0) is 24.1 Å². The second-order valence-corrected chi connectivity index (χ2v) is 4.18. The molecule has 1 aromatic heterocycles.